The summed E-state index contributed by atoms with van der Waals surface area (Å²) < 4.78 is 6.30. The van der Waals surface area contributed by atoms with Crippen LogP contribution < -0.4 is 10.1 Å². The van der Waals surface area contributed by atoms with Crippen LogP contribution in [-0.4, -0.2) is 36.4 Å². The quantitative estimate of drug-likeness (QED) is 0.575. The Morgan fingerprint density at radius 1 is 1.10 bits per heavy atom. The van der Waals surface area contributed by atoms with Crippen LogP contribution >= 0.6 is 11.3 Å². The molecular weight excluding hydrogens is 408 g/mol. The molecule has 5 nitrogen and oxygen atoms in total. The van der Waals surface area contributed by atoms with Gasteiger partial charge in [0.2, 0.25) is 5.91 Å². The molecule has 162 valence electrons. The Hall–Kier alpha value is -2.86. The van der Waals surface area contributed by atoms with E-state index in [4.69, 9.17) is 4.74 Å². The second-order valence-electron chi connectivity index (χ2n) is 8.01. The van der Waals surface area contributed by atoms with Crippen LogP contribution in [-0.2, 0) is 11.2 Å². The highest BCUT2D eigenvalue weighted by Gasteiger charge is 2.27. The lowest BCUT2D eigenvalue weighted by atomic mass is 9.98. The number of carbonyl (C=O) groups is 2. The normalized spacial score (nSPS) is 16.7. The van der Waals surface area contributed by atoms with Gasteiger partial charge in [-0.15, -0.1) is 11.3 Å². The highest BCUT2D eigenvalue weighted by atomic mass is 32.1. The number of methoxy groups -OCH3 is 1. The first-order valence-corrected chi connectivity index (χ1v) is 11.6. The van der Waals surface area contributed by atoms with E-state index in [1.165, 1.54) is 11.3 Å². The van der Waals surface area contributed by atoms with Crippen molar-refractivity contribution in [3.63, 3.8) is 0 Å². The highest BCUT2D eigenvalue weighted by Crippen LogP contribution is 2.34. The zero-order chi connectivity index (χ0) is 21.8. The SMILES string of the molecule is COc1ccc(NC(=O)c2sc3ccccc3c2C[C@@H]2CCCCCN2C(C)=O)cc1. The minimum Gasteiger partial charge on any atom is -0.497 e. The van der Waals surface area contributed by atoms with Crippen molar-refractivity contribution in [2.24, 2.45) is 0 Å². The van der Waals surface area contributed by atoms with Crippen molar-refractivity contribution in [2.45, 2.75) is 45.1 Å². The molecule has 1 aliphatic heterocycles. The minimum atomic E-state index is -0.107. The number of nitrogens with one attached hydrogen (secondary N) is 1. The zero-order valence-electron chi connectivity index (χ0n) is 18.0. The van der Waals surface area contributed by atoms with E-state index in [1.54, 1.807) is 14.0 Å². The van der Waals surface area contributed by atoms with Crippen LogP contribution in [0.25, 0.3) is 10.1 Å². The maximum Gasteiger partial charge on any atom is 0.266 e. The number of fused-ring (bicyclic) bond motifs is 1. The van der Waals surface area contributed by atoms with Gasteiger partial charge in [-0.1, -0.05) is 31.0 Å². The smallest absolute Gasteiger partial charge is 0.266 e. The Kier molecular flexibility index (Phi) is 6.56. The molecule has 2 aromatic carbocycles. The molecule has 31 heavy (non-hydrogen) atoms. The van der Waals surface area contributed by atoms with Gasteiger partial charge in [-0.2, -0.15) is 0 Å². The number of hydrogen-bond donors (Lipinski definition) is 1. The molecule has 1 saturated heterocycles. The summed E-state index contributed by atoms with van der Waals surface area (Å²) in [6.07, 6.45) is 4.99. The average Bonchev–Trinajstić information content (AvgIpc) is 2.97. The molecule has 0 unspecified atom stereocenters. The van der Waals surface area contributed by atoms with Crippen molar-refractivity contribution < 1.29 is 14.3 Å². The van der Waals surface area contributed by atoms with Gasteiger partial charge in [0.25, 0.3) is 5.91 Å². The summed E-state index contributed by atoms with van der Waals surface area (Å²) >= 11 is 1.52. The van der Waals surface area contributed by atoms with E-state index in [1.807, 2.05) is 41.3 Å². The van der Waals surface area contributed by atoms with Gasteiger partial charge < -0.3 is 15.0 Å². The number of benzene rings is 2. The maximum atomic E-state index is 13.3. The predicted octanol–water partition coefficient (Wildman–Crippen LogP) is 5.50. The van der Waals surface area contributed by atoms with Crippen molar-refractivity contribution in [3.8, 4) is 5.75 Å². The van der Waals surface area contributed by atoms with E-state index in [0.29, 0.717) is 6.42 Å². The molecule has 0 spiro atoms. The molecule has 0 saturated carbocycles. The van der Waals surface area contributed by atoms with E-state index in [2.05, 4.69) is 17.4 Å². The predicted molar refractivity (Wildman–Crippen MR) is 126 cm³/mol. The van der Waals surface area contributed by atoms with E-state index in [-0.39, 0.29) is 17.9 Å². The van der Waals surface area contributed by atoms with E-state index in [0.717, 1.165) is 64.2 Å². The summed E-state index contributed by atoms with van der Waals surface area (Å²) in [5.41, 5.74) is 1.78. The first-order valence-electron chi connectivity index (χ1n) is 10.8. The lowest BCUT2D eigenvalue weighted by Crippen LogP contribution is -2.40. The van der Waals surface area contributed by atoms with Gasteiger partial charge in [-0.3, -0.25) is 9.59 Å². The number of ether oxygens (including phenoxy) is 1. The minimum absolute atomic E-state index is 0.107. The summed E-state index contributed by atoms with van der Waals surface area (Å²) in [6.45, 7) is 2.46. The maximum absolute atomic E-state index is 13.3. The standard InChI is InChI=1S/C25H28N2O3S/c1-17(28)27-15-7-3-4-8-19(27)16-22-21-9-5-6-10-23(21)31-24(22)25(29)26-18-11-13-20(30-2)14-12-18/h5-6,9-14,19H,3-4,7-8,15-16H2,1-2H3,(H,26,29)/t19-/m0/s1. The lowest BCUT2D eigenvalue weighted by Gasteiger charge is -2.29. The number of carbonyl (C=O) groups excluding carboxylic acids is 2. The Morgan fingerprint density at radius 3 is 2.61 bits per heavy atom. The van der Waals surface area contributed by atoms with Gasteiger partial charge in [0.05, 0.1) is 12.0 Å². The molecule has 2 amide bonds. The van der Waals surface area contributed by atoms with E-state index < -0.39 is 0 Å². The third-order valence-corrected chi connectivity index (χ3v) is 7.19. The summed E-state index contributed by atoms with van der Waals surface area (Å²) in [6, 6.07) is 15.6. The number of nitrogens with zero attached hydrogens (tertiary/aromatic N) is 1. The Morgan fingerprint density at radius 2 is 1.87 bits per heavy atom. The zero-order valence-corrected chi connectivity index (χ0v) is 18.8. The van der Waals surface area contributed by atoms with Crippen LogP contribution in [0.3, 0.4) is 0 Å². The van der Waals surface area contributed by atoms with Crippen LogP contribution in [0.1, 0.15) is 47.8 Å². The van der Waals surface area contributed by atoms with Gasteiger partial charge in [0, 0.05) is 29.9 Å². The van der Waals surface area contributed by atoms with Gasteiger partial charge in [0.15, 0.2) is 0 Å². The highest BCUT2D eigenvalue weighted by molar-refractivity contribution is 7.21. The Bertz CT molecular complexity index is 1070. The van der Waals surface area contributed by atoms with Crippen molar-refractivity contribution in [3.05, 3.63) is 59.0 Å². The largest absolute Gasteiger partial charge is 0.497 e. The van der Waals surface area contributed by atoms with Crippen LogP contribution in [0.2, 0.25) is 0 Å². The molecule has 1 atom stereocenters. The molecule has 1 aromatic heterocycles. The number of amides is 2. The number of anilines is 1. The average molecular weight is 437 g/mol. The fourth-order valence-corrected chi connectivity index (χ4v) is 5.51. The summed E-state index contributed by atoms with van der Waals surface area (Å²) in [5.74, 6) is 0.762. The molecule has 0 aliphatic carbocycles. The van der Waals surface area contributed by atoms with Gasteiger partial charge in [-0.25, -0.2) is 0 Å². The lowest BCUT2D eigenvalue weighted by molar-refractivity contribution is -0.131. The van der Waals surface area contributed by atoms with E-state index >= 15 is 0 Å². The van der Waals surface area contributed by atoms with Crippen molar-refractivity contribution in [2.75, 3.05) is 19.0 Å². The molecule has 6 heteroatoms. The molecule has 1 N–H and O–H groups in total. The van der Waals surface area contributed by atoms with Crippen molar-refractivity contribution in [1.29, 1.82) is 0 Å². The fourth-order valence-electron chi connectivity index (χ4n) is 4.39. The topological polar surface area (TPSA) is 58.6 Å². The van der Waals surface area contributed by atoms with Crippen molar-refractivity contribution in [1.82, 2.24) is 4.90 Å². The van der Waals surface area contributed by atoms with Crippen LogP contribution in [0.15, 0.2) is 48.5 Å². The number of hydrogen-bond acceptors (Lipinski definition) is 4. The second-order valence-corrected chi connectivity index (χ2v) is 9.06. The summed E-state index contributed by atoms with van der Waals surface area (Å²) in [4.78, 5) is 28.3. The second kappa shape index (κ2) is 9.52. The molecule has 2 heterocycles. The molecular formula is C25H28N2O3S. The molecule has 0 radical (unpaired) electrons. The third-order valence-electron chi connectivity index (χ3n) is 5.97. The number of rotatable bonds is 5. The summed E-state index contributed by atoms with van der Waals surface area (Å²) in [7, 11) is 1.62. The van der Waals surface area contributed by atoms with Crippen LogP contribution in [0.5, 0.6) is 5.75 Å². The first-order chi connectivity index (χ1) is 15.1. The van der Waals surface area contributed by atoms with Crippen LogP contribution in [0.4, 0.5) is 5.69 Å². The number of thiophene rings is 1. The Labute approximate surface area is 187 Å². The van der Waals surface area contributed by atoms with E-state index in [9.17, 15) is 9.59 Å². The Balaban J connectivity index is 1.66. The van der Waals surface area contributed by atoms with Crippen LogP contribution in [0, 0.1) is 0 Å². The molecule has 4 rings (SSSR count). The summed E-state index contributed by atoms with van der Waals surface area (Å²) in [5, 5.41) is 4.14. The molecule has 1 aliphatic rings. The molecule has 0 bridgehead atoms. The third kappa shape index (κ3) is 4.74. The fraction of sp³-hybridized carbons (Fsp3) is 0.360. The first kappa shape index (κ1) is 21.4. The number of likely N-dealkylation sites (tertiary alicyclic amines) is 1. The molecule has 1 fully saturated rings. The van der Waals surface area contributed by atoms with Gasteiger partial charge in [0.1, 0.15) is 5.75 Å². The van der Waals surface area contributed by atoms with Gasteiger partial charge >= 0.3 is 0 Å². The monoisotopic (exact) mass is 436 g/mol. The molecule has 3 aromatic rings. The van der Waals surface area contributed by atoms with Gasteiger partial charge in [-0.05, 0) is 60.5 Å². The van der Waals surface area contributed by atoms with Crippen molar-refractivity contribution >= 4 is 38.9 Å².